The minimum absolute atomic E-state index is 0.0216. The van der Waals surface area contributed by atoms with E-state index in [1.54, 1.807) is 4.90 Å². The van der Waals surface area contributed by atoms with E-state index in [0.717, 1.165) is 64.2 Å². The van der Waals surface area contributed by atoms with Crippen molar-refractivity contribution in [2.75, 3.05) is 6.54 Å². The van der Waals surface area contributed by atoms with Crippen LogP contribution in [-0.2, 0) is 24.0 Å². The Hall–Kier alpha value is -3.70. The Morgan fingerprint density at radius 3 is 2.29 bits per heavy atom. The van der Waals surface area contributed by atoms with Gasteiger partial charge in [-0.05, 0) is 68.1 Å². The molecule has 0 radical (unpaired) electrons. The van der Waals surface area contributed by atoms with Crippen molar-refractivity contribution in [3.63, 3.8) is 0 Å². The van der Waals surface area contributed by atoms with Gasteiger partial charge in [0.1, 0.15) is 17.8 Å². The molecule has 4 aliphatic rings. The zero-order chi connectivity index (χ0) is 35.3. The van der Waals surface area contributed by atoms with Crippen molar-refractivity contribution in [3.8, 4) is 0 Å². The summed E-state index contributed by atoms with van der Waals surface area (Å²) >= 11 is 0. The van der Waals surface area contributed by atoms with Crippen LogP contribution >= 0.6 is 0 Å². The fourth-order valence-electron chi connectivity index (χ4n) is 8.20. The van der Waals surface area contributed by atoms with E-state index in [2.05, 4.69) is 25.9 Å². The number of carbonyl (C=O) groups excluding carboxylic acids is 6. The van der Waals surface area contributed by atoms with Crippen molar-refractivity contribution in [2.24, 2.45) is 29.1 Å². The van der Waals surface area contributed by atoms with Crippen LogP contribution in [0.2, 0.25) is 0 Å². The van der Waals surface area contributed by atoms with Gasteiger partial charge in [0.05, 0.1) is 12.2 Å². The molecule has 2 unspecified atom stereocenters. The van der Waals surface area contributed by atoms with Gasteiger partial charge >= 0.3 is 0 Å². The van der Waals surface area contributed by atoms with Gasteiger partial charge in [0.15, 0.2) is 5.78 Å². The predicted octanol–water partition coefficient (Wildman–Crippen LogP) is 3.54. The second-order valence-electron chi connectivity index (χ2n) is 15.8. The molecule has 1 aromatic heterocycles. The number of Topliss-reactive ketones (excluding diaryl/α,β-unsaturated/α-hetero) is 2. The van der Waals surface area contributed by atoms with E-state index in [4.69, 9.17) is 0 Å². The van der Waals surface area contributed by atoms with Crippen LogP contribution in [0.15, 0.2) is 18.6 Å². The third-order valence-corrected chi connectivity index (χ3v) is 11.0. The molecule has 3 N–H and O–H groups in total. The van der Waals surface area contributed by atoms with Crippen LogP contribution in [0.1, 0.15) is 122 Å². The molecule has 0 spiro atoms. The number of rotatable bonds is 14. The minimum atomic E-state index is -0.967. The second-order valence-corrected chi connectivity index (χ2v) is 15.8. The number of nitrogens with one attached hydrogen (secondary N) is 3. The van der Waals surface area contributed by atoms with Gasteiger partial charge in [-0.1, -0.05) is 59.8 Å². The lowest BCUT2D eigenvalue weighted by Crippen LogP contribution is -2.61. The third-order valence-electron chi connectivity index (χ3n) is 11.0. The quantitative estimate of drug-likeness (QED) is 0.251. The number of nitrogens with zero attached hydrogens (tertiary/aromatic N) is 3. The summed E-state index contributed by atoms with van der Waals surface area (Å²) in [6.07, 6.45) is 14.1. The number of hydrogen-bond acceptors (Lipinski definition) is 8. The Morgan fingerprint density at radius 2 is 1.65 bits per heavy atom. The summed E-state index contributed by atoms with van der Waals surface area (Å²) in [6, 6.07) is -2.51. The summed E-state index contributed by atoms with van der Waals surface area (Å²) in [7, 11) is 0. The number of aromatic nitrogens is 2. The molecule has 3 aliphatic carbocycles. The average Bonchev–Trinajstić information content (AvgIpc) is 3.65. The molecule has 12 nitrogen and oxygen atoms in total. The highest BCUT2D eigenvalue weighted by molar-refractivity contribution is 6.37. The number of likely N-dealkylation sites (tertiary alicyclic amines) is 1. The van der Waals surface area contributed by atoms with E-state index in [1.807, 2.05) is 27.7 Å². The zero-order valence-electron chi connectivity index (χ0n) is 29.5. The Morgan fingerprint density at radius 1 is 0.918 bits per heavy atom. The monoisotopic (exact) mass is 678 g/mol. The maximum Gasteiger partial charge on any atom is 0.287 e. The van der Waals surface area contributed by atoms with E-state index in [9.17, 15) is 28.8 Å². The van der Waals surface area contributed by atoms with E-state index in [-0.39, 0.29) is 47.6 Å². The SMILES string of the molecule is CCCC(CC(=O)[C@@H]1[C@H]2CCC[C@H]2CN1C(=O)C(NC(=O)[C@@H](NC(=O)c1cnccn1)C1CCCCC1)C(C)(C)C)C(=O)C(=O)NC1CC1. The molecule has 6 atom stereocenters. The Labute approximate surface area is 289 Å². The van der Waals surface area contributed by atoms with E-state index in [0.29, 0.717) is 19.4 Å². The molecule has 4 fully saturated rings. The molecule has 1 aliphatic heterocycles. The maximum absolute atomic E-state index is 14.6. The van der Waals surface area contributed by atoms with Crippen LogP contribution in [0.4, 0.5) is 0 Å². The fourth-order valence-corrected chi connectivity index (χ4v) is 8.20. The standard InChI is InChI=1S/C37H54N6O6/c1-5-10-23(31(45)35(48)40-25-15-16-25)19-28(44)30-26-14-9-13-24(26)21-43(30)36(49)32(37(2,3)4)42-34(47)29(22-11-7-6-8-12-22)41-33(46)27-20-38-17-18-39-27/h17-18,20,22-26,29-30,32H,5-16,19,21H2,1-4H3,(H,40,48)(H,41,46)(H,42,47)/t23?,24-,26-,29-,30-,32?/m0/s1. The minimum Gasteiger partial charge on any atom is -0.347 e. The molecular formula is C37H54N6O6. The molecule has 12 heteroatoms. The lowest BCUT2D eigenvalue weighted by molar-refractivity contribution is -0.146. The van der Waals surface area contributed by atoms with E-state index in [1.165, 1.54) is 18.6 Å². The Balaban J connectivity index is 1.36. The summed E-state index contributed by atoms with van der Waals surface area (Å²) in [4.78, 5) is 91.7. The Kier molecular flexibility index (Phi) is 11.9. The van der Waals surface area contributed by atoms with Crippen molar-refractivity contribution in [2.45, 2.75) is 135 Å². The number of amides is 4. The van der Waals surface area contributed by atoms with Crippen molar-refractivity contribution in [1.29, 1.82) is 0 Å². The molecule has 0 aromatic carbocycles. The van der Waals surface area contributed by atoms with E-state index < -0.39 is 53.0 Å². The zero-order valence-corrected chi connectivity index (χ0v) is 29.5. The Bertz CT molecular complexity index is 1390. The third kappa shape index (κ3) is 8.91. The molecular weight excluding hydrogens is 624 g/mol. The highest BCUT2D eigenvalue weighted by atomic mass is 16.2. The molecule has 3 saturated carbocycles. The van der Waals surface area contributed by atoms with Crippen LogP contribution < -0.4 is 16.0 Å². The van der Waals surface area contributed by atoms with Crippen molar-refractivity contribution < 1.29 is 28.8 Å². The first kappa shape index (κ1) is 36.6. The summed E-state index contributed by atoms with van der Waals surface area (Å²) in [6.45, 7) is 7.98. The number of carbonyl (C=O) groups is 6. The van der Waals surface area contributed by atoms with Gasteiger partial charge in [-0.25, -0.2) is 4.98 Å². The molecule has 2 heterocycles. The second kappa shape index (κ2) is 15.9. The summed E-state index contributed by atoms with van der Waals surface area (Å²) in [5.41, 5.74) is -0.611. The van der Waals surface area contributed by atoms with Crippen LogP contribution in [-0.4, -0.2) is 80.8 Å². The van der Waals surface area contributed by atoms with Gasteiger partial charge < -0.3 is 20.9 Å². The first-order chi connectivity index (χ1) is 23.4. The number of hydrogen-bond donors (Lipinski definition) is 3. The first-order valence-electron chi connectivity index (χ1n) is 18.4. The van der Waals surface area contributed by atoms with Gasteiger partial charge in [0, 0.05) is 37.3 Å². The van der Waals surface area contributed by atoms with Crippen molar-refractivity contribution in [3.05, 3.63) is 24.3 Å². The van der Waals surface area contributed by atoms with Gasteiger partial charge in [0.2, 0.25) is 17.6 Å². The van der Waals surface area contributed by atoms with E-state index >= 15 is 0 Å². The van der Waals surface area contributed by atoms with Crippen LogP contribution in [0.5, 0.6) is 0 Å². The lowest BCUT2D eigenvalue weighted by atomic mass is 9.81. The maximum atomic E-state index is 14.6. The van der Waals surface area contributed by atoms with Gasteiger partial charge in [0.25, 0.3) is 11.8 Å². The molecule has 268 valence electrons. The highest BCUT2D eigenvalue weighted by Gasteiger charge is 2.52. The van der Waals surface area contributed by atoms with Crippen LogP contribution in [0.3, 0.4) is 0 Å². The van der Waals surface area contributed by atoms with Gasteiger partial charge in [-0.3, -0.25) is 33.8 Å². The van der Waals surface area contributed by atoms with Crippen molar-refractivity contribution in [1.82, 2.24) is 30.8 Å². The number of fused-ring (bicyclic) bond motifs is 1. The molecule has 1 aromatic rings. The molecule has 4 amide bonds. The largest absolute Gasteiger partial charge is 0.347 e. The van der Waals surface area contributed by atoms with Gasteiger partial charge in [-0.2, -0.15) is 0 Å². The topological polar surface area (TPSA) is 168 Å². The molecule has 0 bridgehead atoms. The highest BCUT2D eigenvalue weighted by Crippen LogP contribution is 2.44. The molecule has 49 heavy (non-hydrogen) atoms. The first-order valence-corrected chi connectivity index (χ1v) is 18.4. The summed E-state index contributed by atoms with van der Waals surface area (Å²) in [5, 5.41) is 8.70. The molecule has 1 saturated heterocycles. The predicted molar refractivity (Wildman–Crippen MR) is 182 cm³/mol. The van der Waals surface area contributed by atoms with Crippen LogP contribution in [0, 0.1) is 29.1 Å². The molecule has 5 rings (SSSR count). The fraction of sp³-hybridized carbons (Fsp3) is 0.730. The smallest absolute Gasteiger partial charge is 0.287 e. The number of ketones is 2. The van der Waals surface area contributed by atoms with Crippen molar-refractivity contribution >= 4 is 35.2 Å². The summed E-state index contributed by atoms with van der Waals surface area (Å²) in [5.74, 6) is -3.34. The van der Waals surface area contributed by atoms with Crippen LogP contribution in [0.25, 0.3) is 0 Å². The average molecular weight is 679 g/mol. The summed E-state index contributed by atoms with van der Waals surface area (Å²) < 4.78 is 0. The lowest BCUT2D eigenvalue weighted by Gasteiger charge is -2.38. The normalized spacial score (nSPS) is 24.3. The van der Waals surface area contributed by atoms with Gasteiger partial charge in [-0.15, -0.1) is 0 Å².